The molecule has 0 radical (unpaired) electrons. The predicted molar refractivity (Wildman–Crippen MR) is 110 cm³/mol. The molecule has 3 aromatic rings. The minimum absolute atomic E-state index is 0.256. The van der Waals surface area contributed by atoms with Crippen LogP contribution in [0.2, 0.25) is 5.02 Å². The summed E-state index contributed by atoms with van der Waals surface area (Å²) in [6.07, 6.45) is 3.54. The smallest absolute Gasteiger partial charge is 0.316 e. The van der Waals surface area contributed by atoms with Crippen molar-refractivity contribution in [1.82, 2.24) is 20.2 Å². The van der Waals surface area contributed by atoms with E-state index >= 15 is 0 Å². The van der Waals surface area contributed by atoms with Crippen molar-refractivity contribution in [2.75, 3.05) is 7.11 Å². The third-order valence-electron chi connectivity index (χ3n) is 4.56. The third kappa shape index (κ3) is 4.28. The molecule has 3 rings (SSSR count). The van der Waals surface area contributed by atoms with Crippen LogP contribution in [0.1, 0.15) is 36.0 Å². The number of nitrogens with zero attached hydrogens (tertiary/aromatic N) is 2. The lowest BCUT2D eigenvalue weighted by atomic mass is 10.0. The van der Waals surface area contributed by atoms with Crippen LogP contribution in [-0.2, 0) is 7.05 Å². The van der Waals surface area contributed by atoms with Crippen molar-refractivity contribution in [3.05, 3.63) is 82.9 Å². The highest BCUT2D eigenvalue weighted by Gasteiger charge is 2.24. The molecule has 28 heavy (non-hydrogen) atoms. The predicted octanol–water partition coefficient (Wildman–Crippen LogP) is 4.23. The van der Waals surface area contributed by atoms with Gasteiger partial charge >= 0.3 is 6.03 Å². The van der Waals surface area contributed by atoms with E-state index in [4.69, 9.17) is 16.3 Å². The van der Waals surface area contributed by atoms with Gasteiger partial charge in [-0.1, -0.05) is 48.0 Å². The Labute approximate surface area is 169 Å². The van der Waals surface area contributed by atoms with E-state index in [0.29, 0.717) is 16.6 Å². The Kier molecular flexibility index (Phi) is 6.21. The van der Waals surface area contributed by atoms with Gasteiger partial charge in [-0.25, -0.2) is 9.78 Å². The Balaban J connectivity index is 1.85. The number of para-hydroxylation sites is 1. The van der Waals surface area contributed by atoms with Crippen LogP contribution in [0.3, 0.4) is 0 Å². The van der Waals surface area contributed by atoms with Crippen LogP contribution in [0, 0.1) is 0 Å². The van der Waals surface area contributed by atoms with Gasteiger partial charge in [0.1, 0.15) is 17.6 Å². The van der Waals surface area contributed by atoms with E-state index in [1.54, 1.807) is 19.4 Å². The van der Waals surface area contributed by atoms with Crippen LogP contribution in [0.5, 0.6) is 5.75 Å². The van der Waals surface area contributed by atoms with Gasteiger partial charge in [-0.15, -0.1) is 0 Å². The van der Waals surface area contributed by atoms with E-state index in [9.17, 15) is 4.79 Å². The van der Waals surface area contributed by atoms with E-state index in [0.717, 1.165) is 11.1 Å². The number of carbonyl (C=O) groups excluding carboxylic acids is 1. The van der Waals surface area contributed by atoms with Crippen LogP contribution in [0.15, 0.2) is 60.9 Å². The number of nitrogens with one attached hydrogen (secondary N) is 2. The molecule has 0 spiro atoms. The summed E-state index contributed by atoms with van der Waals surface area (Å²) in [7, 11) is 3.49. The molecule has 0 aliphatic heterocycles. The molecule has 146 valence electrons. The maximum atomic E-state index is 12.8. The normalized spacial score (nSPS) is 12.9. The highest BCUT2D eigenvalue weighted by Crippen LogP contribution is 2.29. The summed E-state index contributed by atoms with van der Waals surface area (Å²) in [6.45, 7) is 1.89. The lowest BCUT2D eigenvalue weighted by molar-refractivity contribution is 0.235. The zero-order valence-corrected chi connectivity index (χ0v) is 16.8. The fourth-order valence-electron chi connectivity index (χ4n) is 3.12. The van der Waals surface area contributed by atoms with Gasteiger partial charge < -0.3 is 19.9 Å². The van der Waals surface area contributed by atoms with E-state index in [-0.39, 0.29) is 12.1 Å². The zero-order valence-electron chi connectivity index (χ0n) is 16.0. The van der Waals surface area contributed by atoms with Gasteiger partial charge in [0, 0.05) is 30.0 Å². The Hall–Kier alpha value is -2.99. The number of carbonyl (C=O) groups is 1. The molecule has 1 heterocycles. The second-order valence-corrected chi connectivity index (χ2v) is 6.84. The van der Waals surface area contributed by atoms with E-state index in [1.807, 2.05) is 67.2 Å². The monoisotopic (exact) mass is 398 g/mol. The van der Waals surface area contributed by atoms with Crippen LogP contribution >= 0.6 is 11.6 Å². The number of halogens is 1. The number of ether oxygens (including phenoxy) is 1. The molecule has 0 aliphatic carbocycles. The third-order valence-corrected chi connectivity index (χ3v) is 4.91. The molecular formula is C21H23ClN4O2. The first-order chi connectivity index (χ1) is 13.5. The van der Waals surface area contributed by atoms with E-state index in [1.165, 1.54) is 0 Å². The van der Waals surface area contributed by atoms with Gasteiger partial charge in [0.15, 0.2) is 0 Å². The van der Waals surface area contributed by atoms with Gasteiger partial charge in [0.05, 0.1) is 13.2 Å². The first kappa shape index (κ1) is 19.8. The van der Waals surface area contributed by atoms with Crippen molar-refractivity contribution < 1.29 is 9.53 Å². The maximum absolute atomic E-state index is 12.8. The molecule has 0 fully saturated rings. The largest absolute Gasteiger partial charge is 0.496 e. The molecule has 0 saturated heterocycles. The summed E-state index contributed by atoms with van der Waals surface area (Å²) >= 11 is 6.24. The van der Waals surface area contributed by atoms with E-state index in [2.05, 4.69) is 15.6 Å². The molecule has 1 aromatic heterocycles. The molecule has 2 amide bonds. The number of benzene rings is 2. The van der Waals surface area contributed by atoms with Crippen molar-refractivity contribution in [2.24, 2.45) is 7.05 Å². The first-order valence-electron chi connectivity index (χ1n) is 8.93. The van der Waals surface area contributed by atoms with Gasteiger partial charge in [0.25, 0.3) is 0 Å². The van der Waals surface area contributed by atoms with Gasteiger partial charge in [-0.3, -0.25) is 0 Å². The lowest BCUT2D eigenvalue weighted by Crippen LogP contribution is -2.40. The standard InChI is InChI=1S/C21H23ClN4O2/c1-14(15-8-4-6-10-17(15)22)24-21(27)25-19(20-23-12-13-26(20)2)16-9-5-7-11-18(16)28-3/h4-14,19H,1-3H3,(H2,24,25,27). The zero-order chi connectivity index (χ0) is 20.1. The second kappa shape index (κ2) is 8.80. The van der Waals surface area contributed by atoms with Crippen molar-refractivity contribution in [1.29, 1.82) is 0 Å². The minimum Gasteiger partial charge on any atom is -0.496 e. The molecule has 0 saturated carbocycles. The molecule has 2 unspecified atom stereocenters. The lowest BCUT2D eigenvalue weighted by Gasteiger charge is -2.23. The van der Waals surface area contributed by atoms with Gasteiger partial charge in [0.2, 0.25) is 0 Å². The van der Waals surface area contributed by atoms with E-state index < -0.39 is 6.04 Å². The quantitative estimate of drug-likeness (QED) is 0.652. The Morgan fingerprint density at radius 1 is 1.11 bits per heavy atom. The number of hydrogen-bond donors (Lipinski definition) is 2. The first-order valence-corrected chi connectivity index (χ1v) is 9.30. The van der Waals surface area contributed by atoms with Crippen molar-refractivity contribution in [2.45, 2.75) is 19.0 Å². The van der Waals surface area contributed by atoms with Crippen molar-refractivity contribution >= 4 is 17.6 Å². The SMILES string of the molecule is COc1ccccc1C(NC(=O)NC(C)c1ccccc1Cl)c1nccn1C. The highest BCUT2D eigenvalue weighted by atomic mass is 35.5. The number of methoxy groups -OCH3 is 1. The molecular weight excluding hydrogens is 376 g/mol. The number of rotatable bonds is 6. The van der Waals surface area contributed by atoms with Crippen molar-refractivity contribution in [3.63, 3.8) is 0 Å². The van der Waals surface area contributed by atoms with Crippen molar-refractivity contribution in [3.8, 4) is 5.75 Å². The number of aromatic nitrogens is 2. The Morgan fingerprint density at radius 2 is 1.79 bits per heavy atom. The number of hydrogen-bond acceptors (Lipinski definition) is 3. The summed E-state index contributed by atoms with van der Waals surface area (Å²) in [5.41, 5.74) is 1.67. The topological polar surface area (TPSA) is 68.2 Å². The Morgan fingerprint density at radius 3 is 2.43 bits per heavy atom. The molecule has 7 heteroatoms. The number of urea groups is 1. The van der Waals surface area contributed by atoms with Crippen LogP contribution in [0.4, 0.5) is 4.79 Å². The number of amides is 2. The fourth-order valence-corrected chi connectivity index (χ4v) is 3.41. The highest BCUT2D eigenvalue weighted by molar-refractivity contribution is 6.31. The molecule has 0 aliphatic rings. The summed E-state index contributed by atoms with van der Waals surface area (Å²) in [5, 5.41) is 6.57. The second-order valence-electron chi connectivity index (χ2n) is 6.43. The van der Waals surface area contributed by atoms with Crippen LogP contribution < -0.4 is 15.4 Å². The minimum atomic E-state index is -0.477. The number of aryl methyl sites for hydroxylation is 1. The van der Waals surface area contributed by atoms with Gasteiger partial charge in [-0.2, -0.15) is 0 Å². The fraction of sp³-hybridized carbons (Fsp3) is 0.238. The number of imidazole rings is 1. The van der Waals surface area contributed by atoms with Crippen LogP contribution in [0.25, 0.3) is 0 Å². The summed E-state index contributed by atoms with van der Waals surface area (Å²) in [6, 6.07) is 13.9. The van der Waals surface area contributed by atoms with Gasteiger partial charge in [-0.05, 0) is 24.6 Å². The molecule has 2 atom stereocenters. The summed E-state index contributed by atoms with van der Waals surface area (Å²) < 4.78 is 7.36. The van der Waals surface area contributed by atoms with Crippen LogP contribution in [-0.4, -0.2) is 22.7 Å². The molecule has 2 aromatic carbocycles. The maximum Gasteiger partial charge on any atom is 0.316 e. The Bertz CT molecular complexity index is 957. The molecule has 2 N–H and O–H groups in total. The average Bonchev–Trinajstić information content (AvgIpc) is 3.12. The molecule has 0 bridgehead atoms. The summed E-state index contributed by atoms with van der Waals surface area (Å²) in [4.78, 5) is 17.2. The average molecular weight is 399 g/mol. The molecule has 6 nitrogen and oxygen atoms in total. The summed E-state index contributed by atoms with van der Waals surface area (Å²) in [5.74, 6) is 1.37.